The Balaban J connectivity index is 2.05. The van der Waals surface area contributed by atoms with Crippen LogP contribution in [-0.2, 0) is 0 Å². The number of benzene rings is 1. The van der Waals surface area contributed by atoms with Gasteiger partial charge >= 0.3 is 0 Å². The average Bonchev–Trinajstić information content (AvgIpc) is 2.46. The molecule has 1 aliphatic rings. The maximum Gasteiger partial charge on any atom is 0.115 e. The van der Waals surface area contributed by atoms with Crippen LogP contribution in [-0.4, -0.2) is 36.2 Å². The van der Waals surface area contributed by atoms with E-state index in [9.17, 15) is 5.11 Å². The maximum absolute atomic E-state index is 9.44. The van der Waals surface area contributed by atoms with Gasteiger partial charge in [0, 0.05) is 32.2 Å². The number of phenolic OH excluding ortho intramolecular Hbond substituents is 1. The molecule has 1 atom stereocenters. The van der Waals surface area contributed by atoms with Crippen LogP contribution in [0.2, 0.25) is 0 Å². The van der Waals surface area contributed by atoms with E-state index in [1.165, 1.54) is 31.2 Å². The van der Waals surface area contributed by atoms with Crippen molar-refractivity contribution in [3.8, 4) is 5.75 Å². The summed E-state index contributed by atoms with van der Waals surface area (Å²) in [5, 5.41) is 12.9. The summed E-state index contributed by atoms with van der Waals surface area (Å²) in [6, 6.07) is 8.28. The average molecular weight is 262 g/mol. The second-order valence-corrected chi connectivity index (χ2v) is 5.39. The van der Waals surface area contributed by atoms with Crippen LogP contribution in [0.1, 0.15) is 44.2 Å². The highest BCUT2D eigenvalue weighted by Crippen LogP contribution is 2.28. The van der Waals surface area contributed by atoms with Crippen molar-refractivity contribution in [1.82, 2.24) is 10.2 Å². The highest BCUT2D eigenvalue weighted by Gasteiger charge is 2.21. The third-order valence-corrected chi connectivity index (χ3v) is 3.95. The Morgan fingerprint density at radius 3 is 2.47 bits per heavy atom. The molecule has 2 N–H and O–H groups in total. The molecule has 0 bridgehead atoms. The highest BCUT2D eigenvalue weighted by molar-refractivity contribution is 5.28. The van der Waals surface area contributed by atoms with Crippen LogP contribution in [0.25, 0.3) is 0 Å². The first-order chi connectivity index (χ1) is 9.31. The smallest absolute Gasteiger partial charge is 0.115 e. The SMILES string of the molecule is CCCCC[C@H](c1ccc(O)cc1)N1CCNCC1. The van der Waals surface area contributed by atoms with E-state index in [0.29, 0.717) is 11.8 Å². The summed E-state index contributed by atoms with van der Waals surface area (Å²) >= 11 is 0. The predicted molar refractivity (Wildman–Crippen MR) is 79.4 cm³/mol. The van der Waals surface area contributed by atoms with Crippen molar-refractivity contribution in [2.24, 2.45) is 0 Å². The zero-order chi connectivity index (χ0) is 13.5. The summed E-state index contributed by atoms with van der Waals surface area (Å²) in [6.07, 6.45) is 5.08. The summed E-state index contributed by atoms with van der Waals surface area (Å²) < 4.78 is 0. The molecular formula is C16H26N2O. The van der Waals surface area contributed by atoms with Gasteiger partial charge in [0.2, 0.25) is 0 Å². The molecule has 1 aromatic rings. The third-order valence-electron chi connectivity index (χ3n) is 3.95. The molecule has 0 unspecified atom stereocenters. The fraction of sp³-hybridized carbons (Fsp3) is 0.625. The minimum absolute atomic E-state index is 0.358. The molecule has 0 saturated carbocycles. The molecule has 0 aromatic heterocycles. The Hall–Kier alpha value is -1.06. The van der Waals surface area contributed by atoms with Crippen LogP contribution in [0.5, 0.6) is 5.75 Å². The molecule has 0 aliphatic carbocycles. The fourth-order valence-corrected chi connectivity index (χ4v) is 2.84. The van der Waals surface area contributed by atoms with Crippen LogP contribution in [0.4, 0.5) is 0 Å². The van der Waals surface area contributed by atoms with Gasteiger partial charge < -0.3 is 10.4 Å². The Morgan fingerprint density at radius 1 is 1.16 bits per heavy atom. The topological polar surface area (TPSA) is 35.5 Å². The molecule has 1 saturated heterocycles. The highest BCUT2D eigenvalue weighted by atomic mass is 16.3. The van der Waals surface area contributed by atoms with Crippen LogP contribution in [0, 0.1) is 0 Å². The van der Waals surface area contributed by atoms with E-state index in [1.54, 1.807) is 0 Å². The summed E-state index contributed by atoms with van der Waals surface area (Å²) in [6.45, 7) is 6.67. The zero-order valence-electron chi connectivity index (χ0n) is 11.9. The molecule has 2 rings (SSSR count). The lowest BCUT2D eigenvalue weighted by Crippen LogP contribution is -2.45. The van der Waals surface area contributed by atoms with Crippen molar-refractivity contribution < 1.29 is 5.11 Å². The number of nitrogens with zero attached hydrogens (tertiary/aromatic N) is 1. The monoisotopic (exact) mass is 262 g/mol. The lowest BCUT2D eigenvalue weighted by Gasteiger charge is -2.35. The number of piperazine rings is 1. The largest absolute Gasteiger partial charge is 0.508 e. The van der Waals surface area contributed by atoms with Crippen molar-refractivity contribution >= 4 is 0 Å². The Morgan fingerprint density at radius 2 is 1.84 bits per heavy atom. The number of aromatic hydroxyl groups is 1. The van der Waals surface area contributed by atoms with Crippen molar-refractivity contribution in [1.29, 1.82) is 0 Å². The minimum atomic E-state index is 0.358. The predicted octanol–water partition coefficient (Wildman–Crippen LogP) is 2.92. The first-order valence-electron chi connectivity index (χ1n) is 7.55. The molecule has 1 aliphatic heterocycles. The standard InChI is InChI=1S/C16H26N2O/c1-2-3-4-5-16(18-12-10-17-11-13-18)14-6-8-15(19)9-7-14/h6-9,16-17,19H,2-5,10-13H2,1H3/t16-/m1/s1. The zero-order valence-corrected chi connectivity index (χ0v) is 11.9. The Labute approximate surface area is 116 Å². The summed E-state index contributed by atoms with van der Waals surface area (Å²) in [5.41, 5.74) is 1.34. The number of hydrogen-bond acceptors (Lipinski definition) is 3. The van der Waals surface area contributed by atoms with Gasteiger partial charge in [0.05, 0.1) is 0 Å². The number of hydrogen-bond donors (Lipinski definition) is 2. The van der Waals surface area contributed by atoms with Gasteiger partial charge in [0.25, 0.3) is 0 Å². The molecule has 106 valence electrons. The van der Waals surface area contributed by atoms with Crippen molar-refractivity contribution in [2.75, 3.05) is 26.2 Å². The first-order valence-corrected chi connectivity index (χ1v) is 7.55. The van der Waals surface area contributed by atoms with E-state index in [0.717, 1.165) is 26.2 Å². The quantitative estimate of drug-likeness (QED) is 0.774. The van der Waals surface area contributed by atoms with Crippen LogP contribution in [0.15, 0.2) is 24.3 Å². The van der Waals surface area contributed by atoms with E-state index in [1.807, 2.05) is 12.1 Å². The lowest BCUT2D eigenvalue weighted by atomic mass is 9.98. The first kappa shape index (κ1) is 14.4. The number of phenols is 1. The second kappa shape index (κ2) is 7.51. The summed E-state index contributed by atoms with van der Waals surface area (Å²) in [5.74, 6) is 0.358. The molecule has 0 radical (unpaired) electrons. The molecule has 19 heavy (non-hydrogen) atoms. The maximum atomic E-state index is 9.44. The van der Waals surface area contributed by atoms with E-state index in [-0.39, 0.29) is 0 Å². The van der Waals surface area contributed by atoms with Crippen LogP contribution >= 0.6 is 0 Å². The van der Waals surface area contributed by atoms with Gasteiger partial charge in [-0.05, 0) is 24.1 Å². The summed E-state index contributed by atoms with van der Waals surface area (Å²) in [7, 11) is 0. The molecule has 0 amide bonds. The molecule has 3 nitrogen and oxygen atoms in total. The van der Waals surface area contributed by atoms with Gasteiger partial charge in [-0.1, -0.05) is 38.3 Å². The number of unbranched alkanes of at least 4 members (excludes halogenated alkanes) is 2. The normalized spacial score (nSPS) is 18.4. The summed E-state index contributed by atoms with van der Waals surface area (Å²) in [4.78, 5) is 2.58. The third kappa shape index (κ3) is 4.22. The molecule has 1 heterocycles. The molecule has 1 aromatic carbocycles. The Kier molecular flexibility index (Phi) is 5.67. The molecule has 3 heteroatoms. The Bertz CT molecular complexity index is 358. The van der Waals surface area contributed by atoms with Gasteiger partial charge in [0.15, 0.2) is 0 Å². The van der Waals surface area contributed by atoms with Gasteiger partial charge in [-0.3, -0.25) is 4.90 Å². The van der Waals surface area contributed by atoms with Gasteiger partial charge in [0.1, 0.15) is 5.75 Å². The van der Waals surface area contributed by atoms with Crippen molar-refractivity contribution in [2.45, 2.75) is 38.6 Å². The van der Waals surface area contributed by atoms with Crippen molar-refractivity contribution in [3.63, 3.8) is 0 Å². The fourth-order valence-electron chi connectivity index (χ4n) is 2.84. The van der Waals surface area contributed by atoms with E-state index in [4.69, 9.17) is 0 Å². The van der Waals surface area contributed by atoms with E-state index < -0.39 is 0 Å². The van der Waals surface area contributed by atoms with Crippen molar-refractivity contribution in [3.05, 3.63) is 29.8 Å². The van der Waals surface area contributed by atoms with Crippen LogP contribution < -0.4 is 5.32 Å². The second-order valence-electron chi connectivity index (χ2n) is 5.39. The molecule has 1 fully saturated rings. The van der Waals surface area contributed by atoms with E-state index in [2.05, 4.69) is 29.3 Å². The lowest BCUT2D eigenvalue weighted by molar-refractivity contribution is 0.162. The van der Waals surface area contributed by atoms with Gasteiger partial charge in [-0.2, -0.15) is 0 Å². The van der Waals surface area contributed by atoms with E-state index >= 15 is 0 Å². The minimum Gasteiger partial charge on any atom is -0.508 e. The van der Waals surface area contributed by atoms with Gasteiger partial charge in [-0.25, -0.2) is 0 Å². The van der Waals surface area contributed by atoms with Gasteiger partial charge in [-0.15, -0.1) is 0 Å². The number of nitrogens with one attached hydrogen (secondary N) is 1. The molecule has 0 spiro atoms. The number of rotatable bonds is 6. The van der Waals surface area contributed by atoms with Crippen LogP contribution in [0.3, 0.4) is 0 Å². The molecular weight excluding hydrogens is 236 g/mol.